The van der Waals surface area contributed by atoms with Gasteiger partial charge in [0.05, 0.1) is 11.2 Å². The summed E-state index contributed by atoms with van der Waals surface area (Å²) in [4.78, 5) is 36.8. The van der Waals surface area contributed by atoms with Gasteiger partial charge in [0, 0.05) is 18.5 Å². The molecule has 2 rings (SSSR count). The molecule has 2 aliphatic rings. The molecule has 0 radical (unpaired) electrons. The summed E-state index contributed by atoms with van der Waals surface area (Å²) in [6.07, 6.45) is 1.36. The third kappa shape index (κ3) is 6.60. The maximum atomic E-state index is 13.3. The number of nitrogens with one attached hydrogen (secondary N) is 3. The molecular formula is C22H40BN3O6. The van der Waals surface area contributed by atoms with Crippen LogP contribution in [0.2, 0.25) is 6.32 Å². The summed E-state index contributed by atoms with van der Waals surface area (Å²) in [6.45, 7) is 15.0. The molecule has 2 fully saturated rings. The van der Waals surface area contributed by atoms with E-state index in [0.29, 0.717) is 25.6 Å². The van der Waals surface area contributed by atoms with Crippen LogP contribution in [0.15, 0.2) is 0 Å². The highest BCUT2D eigenvalue weighted by Crippen LogP contribution is 2.41. The smallest absolute Gasteiger partial charge is 0.457 e. The summed E-state index contributed by atoms with van der Waals surface area (Å²) in [5.74, 6) is -0.621. The molecule has 0 bridgehead atoms. The predicted octanol–water partition coefficient (Wildman–Crippen LogP) is 2.69. The molecule has 0 aromatic rings. The molecule has 1 aliphatic carbocycles. The van der Waals surface area contributed by atoms with Gasteiger partial charge in [-0.05, 0) is 80.0 Å². The molecule has 0 spiro atoms. The zero-order chi connectivity index (χ0) is 24.5. The molecule has 1 heterocycles. The average Bonchev–Trinajstić information content (AvgIpc) is 2.77. The SMILES string of the molecule is CC(=O)NC1(C(=O)NC(C)(C)C)CC(CCB2OC(C)(C)C(C)(C)O2)CC(NC(=O)O)C1. The van der Waals surface area contributed by atoms with Gasteiger partial charge in [-0.15, -0.1) is 0 Å². The van der Waals surface area contributed by atoms with Gasteiger partial charge in [0.1, 0.15) is 5.54 Å². The van der Waals surface area contributed by atoms with E-state index in [1.807, 2.05) is 48.5 Å². The van der Waals surface area contributed by atoms with E-state index in [0.717, 1.165) is 0 Å². The van der Waals surface area contributed by atoms with E-state index >= 15 is 0 Å². The van der Waals surface area contributed by atoms with Crippen molar-refractivity contribution in [1.29, 1.82) is 0 Å². The van der Waals surface area contributed by atoms with Crippen LogP contribution in [0.25, 0.3) is 0 Å². The highest BCUT2D eigenvalue weighted by Gasteiger charge is 2.52. The van der Waals surface area contributed by atoms with Gasteiger partial charge in [-0.3, -0.25) is 9.59 Å². The second-order valence-corrected chi connectivity index (χ2v) is 11.4. The lowest BCUT2D eigenvalue weighted by molar-refractivity contribution is -0.136. The maximum Gasteiger partial charge on any atom is 0.457 e. The Morgan fingerprint density at radius 1 is 1.06 bits per heavy atom. The van der Waals surface area contributed by atoms with Crippen LogP contribution in [0.3, 0.4) is 0 Å². The lowest BCUT2D eigenvalue weighted by Gasteiger charge is -2.44. The van der Waals surface area contributed by atoms with Crippen LogP contribution in [0.4, 0.5) is 4.79 Å². The van der Waals surface area contributed by atoms with Crippen LogP contribution in [-0.2, 0) is 18.9 Å². The molecule has 1 saturated heterocycles. The second-order valence-electron chi connectivity index (χ2n) is 11.4. The molecule has 32 heavy (non-hydrogen) atoms. The second kappa shape index (κ2) is 9.21. The van der Waals surface area contributed by atoms with Crippen LogP contribution in [0, 0.1) is 5.92 Å². The van der Waals surface area contributed by atoms with Crippen molar-refractivity contribution in [2.45, 2.75) is 116 Å². The first-order chi connectivity index (χ1) is 14.4. The molecule has 3 atom stereocenters. The highest BCUT2D eigenvalue weighted by molar-refractivity contribution is 6.45. The minimum atomic E-state index is -1.19. The Hall–Kier alpha value is -1.81. The standard InChI is InChI=1S/C22H40BN3O6/c1-14(27)25-22(17(28)26-19(2,3)4)12-15(11-16(13-22)24-18(29)30)9-10-23-31-20(5,6)21(7,8)32-23/h15-16,24H,9-13H2,1-8H3,(H,25,27)(H,26,28)(H,29,30). The quantitative estimate of drug-likeness (QED) is 0.458. The van der Waals surface area contributed by atoms with E-state index in [1.165, 1.54) is 6.92 Å². The minimum absolute atomic E-state index is 0.00260. The largest absolute Gasteiger partial charge is 0.465 e. The van der Waals surface area contributed by atoms with Gasteiger partial charge in [0.15, 0.2) is 0 Å². The van der Waals surface area contributed by atoms with Gasteiger partial charge in [0.2, 0.25) is 11.8 Å². The van der Waals surface area contributed by atoms with E-state index in [-0.39, 0.29) is 31.3 Å². The van der Waals surface area contributed by atoms with Crippen LogP contribution in [0.1, 0.15) is 81.1 Å². The normalized spacial score (nSPS) is 29.3. The monoisotopic (exact) mass is 453 g/mol. The Morgan fingerprint density at radius 3 is 2.09 bits per heavy atom. The first kappa shape index (κ1) is 26.4. The number of amides is 3. The van der Waals surface area contributed by atoms with Gasteiger partial charge >= 0.3 is 13.2 Å². The van der Waals surface area contributed by atoms with Crippen molar-refractivity contribution in [2.75, 3.05) is 0 Å². The Morgan fingerprint density at radius 2 is 1.62 bits per heavy atom. The van der Waals surface area contributed by atoms with E-state index in [4.69, 9.17) is 9.31 Å². The van der Waals surface area contributed by atoms with Gasteiger partial charge in [0.25, 0.3) is 0 Å². The van der Waals surface area contributed by atoms with Crippen molar-refractivity contribution in [3.63, 3.8) is 0 Å². The molecule has 0 aromatic heterocycles. The van der Waals surface area contributed by atoms with E-state index in [9.17, 15) is 19.5 Å². The van der Waals surface area contributed by atoms with Gasteiger partial charge in [-0.25, -0.2) is 4.79 Å². The molecule has 4 N–H and O–H groups in total. The summed E-state index contributed by atoms with van der Waals surface area (Å²) in [6, 6.07) is -0.456. The van der Waals surface area contributed by atoms with Gasteiger partial charge in [-0.1, -0.05) is 6.42 Å². The average molecular weight is 453 g/mol. The van der Waals surface area contributed by atoms with Crippen molar-refractivity contribution in [3.8, 4) is 0 Å². The molecule has 3 amide bonds. The molecule has 182 valence electrons. The van der Waals surface area contributed by atoms with Crippen molar-refractivity contribution >= 4 is 25.0 Å². The summed E-state index contributed by atoms with van der Waals surface area (Å²) < 4.78 is 12.2. The number of carbonyl (C=O) groups excluding carboxylic acids is 2. The number of rotatable bonds is 6. The van der Waals surface area contributed by atoms with E-state index in [2.05, 4.69) is 16.0 Å². The molecule has 9 nitrogen and oxygen atoms in total. The molecule has 3 unspecified atom stereocenters. The fourth-order valence-corrected chi connectivity index (χ4v) is 4.67. The zero-order valence-corrected chi connectivity index (χ0v) is 20.8. The summed E-state index contributed by atoms with van der Waals surface area (Å²) in [7, 11) is -0.369. The molecule has 0 aromatic carbocycles. The summed E-state index contributed by atoms with van der Waals surface area (Å²) >= 11 is 0. The van der Waals surface area contributed by atoms with Crippen molar-refractivity contribution in [1.82, 2.24) is 16.0 Å². The van der Waals surface area contributed by atoms with Crippen molar-refractivity contribution in [2.24, 2.45) is 5.92 Å². The third-order valence-electron chi connectivity index (χ3n) is 6.63. The topological polar surface area (TPSA) is 126 Å². The van der Waals surface area contributed by atoms with Crippen LogP contribution >= 0.6 is 0 Å². The van der Waals surface area contributed by atoms with Crippen LogP contribution < -0.4 is 16.0 Å². The first-order valence-corrected chi connectivity index (χ1v) is 11.4. The van der Waals surface area contributed by atoms with Crippen molar-refractivity contribution in [3.05, 3.63) is 0 Å². The van der Waals surface area contributed by atoms with Gasteiger partial charge in [-0.2, -0.15) is 0 Å². The molecule has 10 heteroatoms. The lowest BCUT2D eigenvalue weighted by Crippen LogP contribution is -2.66. The number of hydrogen-bond acceptors (Lipinski definition) is 5. The van der Waals surface area contributed by atoms with Crippen LogP contribution in [0.5, 0.6) is 0 Å². The Labute approximate surface area is 191 Å². The Bertz CT molecular complexity index is 720. The highest BCUT2D eigenvalue weighted by atomic mass is 16.7. The van der Waals surface area contributed by atoms with E-state index in [1.54, 1.807) is 0 Å². The number of hydrogen-bond donors (Lipinski definition) is 4. The number of carboxylic acid groups (broad SMARTS) is 1. The fraction of sp³-hybridized carbons (Fsp3) is 0.864. The number of carbonyl (C=O) groups is 3. The summed E-state index contributed by atoms with van der Waals surface area (Å²) in [5.41, 5.74) is -2.53. The Balaban J connectivity index is 2.22. The Kier molecular flexibility index (Phi) is 7.61. The van der Waals surface area contributed by atoms with Gasteiger partial charge < -0.3 is 30.4 Å². The fourth-order valence-electron chi connectivity index (χ4n) is 4.67. The molecular weight excluding hydrogens is 413 g/mol. The molecule has 1 aliphatic heterocycles. The zero-order valence-electron chi connectivity index (χ0n) is 20.8. The summed E-state index contributed by atoms with van der Waals surface area (Å²) in [5, 5.41) is 17.7. The third-order valence-corrected chi connectivity index (χ3v) is 6.63. The maximum absolute atomic E-state index is 13.3. The lowest BCUT2D eigenvalue weighted by atomic mass is 9.68. The van der Waals surface area contributed by atoms with Crippen LogP contribution in [-0.4, -0.2) is 58.5 Å². The molecule has 1 saturated carbocycles. The van der Waals surface area contributed by atoms with Crippen molar-refractivity contribution < 1.29 is 28.8 Å². The van der Waals surface area contributed by atoms with E-state index < -0.39 is 34.4 Å². The first-order valence-electron chi connectivity index (χ1n) is 11.4. The predicted molar refractivity (Wildman–Crippen MR) is 122 cm³/mol. The minimum Gasteiger partial charge on any atom is -0.465 e.